The Morgan fingerprint density at radius 1 is 0.938 bits per heavy atom. The number of sulfonamides is 1. The van der Waals surface area contributed by atoms with Crippen LogP contribution < -0.4 is 4.74 Å². The molecule has 1 fully saturated rings. The second-order valence-corrected chi connectivity index (χ2v) is 10.2. The predicted octanol–water partition coefficient (Wildman–Crippen LogP) is 3.36. The number of carbonyl (C=O) groups excluding carboxylic acids is 2. The number of hydrogen-bond acceptors (Lipinski definition) is 6. The van der Waals surface area contributed by atoms with E-state index in [0.29, 0.717) is 29.1 Å². The van der Waals surface area contributed by atoms with Gasteiger partial charge in [-0.2, -0.15) is 4.31 Å². The Morgan fingerprint density at radius 2 is 1.59 bits per heavy atom. The summed E-state index contributed by atoms with van der Waals surface area (Å²) in [5.41, 5.74) is 2.75. The van der Waals surface area contributed by atoms with Gasteiger partial charge in [-0.25, -0.2) is 13.2 Å². The maximum absolute atomic E-state index is 13.1. The molecule has 0 radical (unpaired) electrons. The first-order chi connectivity index (χ1) is 15.4. The molecule has 1 aliphatic heterocycles. The number of benzene rings is 2. The lowest BCUT2D eigenvalue weighted by molar-refractivity contribution is -0.140. The molecule has 0 atom stereocenters. The fourth-order valence-electron chi connectivity index (χ4n) is 4.33. The van der Waals surface area contributed by atoms with Gasteiger partial charge in [-0.15, -0.1) is 0 Å². The standard InChI is InChI=1S/C24H27NO6S/c1-30-23(26)18-6-9-21(10-7-18)31-24(27)19-12-14-25(15-13-19)32(28,29)22-11-8-17-4-2-3-5-20(17)16-22/h6-11,16,19H,2-5,12-15H2,1H3. The normalized spacial score (nSPS) is 17.4. The van der Waals surface area contributed by atoms with Gasteiger partial charge >= 0.3 is 11.9 Å². The number of rotatable bonds is 5. The van der Waals surface area contributed by atoms with Crippen LogP contribution in [0.15, 0.2) is 47.4 Å². The molecular formula is C24H27NO6S. The number of esters is 2. The predicted molar refractivity (Wildman–Crippen MR) is 118 cm³/mol. The van der Waals surface area contributed by atoms with Crippen molar-refractivity contribution in [1.82, 2.24) is 4.31 Å². The zero-order chi connectivity index (χ0) is 22.7. The van der Waals surface area contributed by atoms with Crippen molar-refractivity contribution in [2.75, 3.05) is 20.2 Å². The monoisotopic (exact) mass is 457 g/mol. The minimum Gasteiger partial charge on any atom is -0.465 e. The summed E-state index contributed by atoms with van der Waals surface area (Å²) in [6.45, 7) is 0.556. The molecule has 2 aromatic rings. The lowest BCUT2D eigenvalue weighted by Gasteiger charge is -2.30. The van der Waals surface area contributed by atoms with E-state index < -0.39 is 16.0 Å². The summed E-state index contributed by atoms with van der Waals surface area (Å²) in [5, 5.41) is 0. The smallest absolute Gasteiger partial charge is 0.337 e. The van der Waals surface area contributed by atoms with Gasteiger partial charge in [0.15, 0.2) is 0 Å². The van der Waals surface area contributed by atoms with Gasteiger partial charge in [-0.3, -0.25) is 4.79 Å². The van der Waals surface area contributed by atoms with Gasteiger partial charge in [-0.05, 0) is 86.1 Å². The molecule has 1 saturated heterocycles. The lowest BCUT2D eigenvalue weighted by Crippen LogP contribution is -2.41. The summed E-state index contributed by atoms with van der Waals surface area (Å²) in [4.78, 5) is 24.4. The number of hydrogen-bond donors (Lipinski definition) is 0. The van der Waals surface area contributed by atoms with Crippen molar-refractivity contribution < 1.29 is 27.5 Å². The molecule has 1 aliphatic carbocycles. The van der Waals surface area contributed by atoms with Gasteiger partial charge in [-0.1, -0.05) is 6.07 Å². The van der Waals surface area contributed by atoms with Crippen LogP contribution >= 0.6 is 0 Å². The highest BCUT2D eigenvalue weighted by Crippen LogP contribution is 2.29. The minimum atomic E-state index is -3.58. The zero-order valence-corrected chi connectivity index (χ0v) is 18.9. The van der Waals surface area contributed by atoms with E-state index in [4.69, 9.17) is 4.74 Å². The van der Waals surface area contributed by atoms with Crippen LogP contribution in [0.2, 0.25) is 0 Å². The van der Waals surface area contributed by atoms with E-state index in [1.807, 2.05) is 12.1 Å². The minimum absolute atomic E-state index is 0.278. The van der Waals surface area contributed by atoms with Crippen molar-refractivity contribution >= 4 is 22.0 Å². The van der Waals surface area contributed by atoms with Gasteiger partial charge in [0.05, 0.1) is 23.5 Å². The van der Waals surface area contributed by atoms with Gasteiger partial charge in [0.25, 0.3) is 0 Å². The Labute approximate surface area is 188 Å². The molecule has 0 unspecified atom stereocenters. The molecule has 0 N–H and O–H groups in total. The molecule has 1 heterocycles. The summed E-state index contributed by atoms with van der Waals surface area (Å²) in [6.07, 6.45) is 4.99. The molecule has 8 heteroatoms. The first-order valence-electron chi connectivity index (χ1n) is 10.9. The summed E-state index contributed by atoms with van der Waals surface area (Å²) in [6, 6.07) is 11.6. The molecule has 4 rings (SSSR count). The topological polar surface area (TPSA) is 90.0 Å². The number of aryl methyl sites for hydroxylation is 2. The Kier molecular flexibility index (Phi) is 6.62. The third kappa shape index (κ3) is 4.71. The van der Waals surface area contributed by atoms with Crippen molar-refractivity contribution in [3.8, 4) is 5.75 Å². The SMILES string of the molecule is COC(=O)c1ccc(OC(=O)C2CCN(S(=O)(=O)c3ccc4c(c3)CCCC4)CC2)cc1. The van der Waals surface area contributed by atoms with E-state index >= 15 is 0 Å². The molecule has 2 aliphatic rings. The summed E-state index contributed by atoms with van der Waals surface area (Å²) in [7, 11) is -2.28. The quantitative estimate of drug-likeness (QED) is 0.505. The Morgan fingerprint density at radius 3 is 2.25 bits per heavy atom. The number of fused-ring (bicyclic) bond motifs is 1. The maximum atomic E-state index is 13.1. The van der Waals surface area contributed by atoms with Crippen molar-refractivity contribution in [2.24, 2.45) is 5.92 Å². The second-order valence-electron chi connectivity index (χ2n) is 8.25. The molecule has 32 heavy (non-hydrogen) atoms. The lowest BCUT2D eigenvalue weighted by atomic mass is 9.92. The number of carbonyl (C=O) groups is 2. The highest BCUT2D eigenvalue weighted by atomic mass is 32.2. The van der Waals surface area contributed by atoms with Crippen molar-refractivity contribution in [3.63, 3.8) is 0 Å². The Bertz CT molecular complexity index is 1100. The first kappa shape index (κ1) is 22.5. The van der Waals surface area contributed by atoms with E-state index in [2.05, 4.69) is 4.74 Å². The molecule has 170 valence electrons. The molecule has 7 nitrogen and oxygen atoms in total. The van der Waals surface area contributed by atoms with Crippen LogP contribution in [0.4, 0.5) is 0 Å². The van der Waals surface area contributed by atoms with Gasteiger partial charge < -0.3 is 9.47 Å². The zero-order valence-electron chi connectivity index (χ0n) is 18.1. The van der Waals surface area contributed by atoms with Crippen LogP contribution in [0.5, 0.6) is 5.75 Å². The summed E-state index contributed by atoms with van der Waals surface area (Å²) < 4.78 is 37.8. The molecule has 2 aromatic carbocycles. The van der Waals surface area contributed by atoms with Gasteiger partial charge in [0.1, 0.15) is 5.75 Å². The van der Waals surface area contributed by atoms with E-state index in [1.54, 1.807) is 18.2 Å². The van der Waals surface area contributed by atoms with Crippen molar-refractivity contribution in [1.29, 1.82) is 0 Å². The fourth-order valence-corrected chi connectivity index (χ4v) is 5.85. The van der Waals surface area contributed by atoms with Crippen LogP contribution in [0.1, 0.15) is 47.2 Å². The van der Waals surface area contributed by atoms with E-state index in [1.165, 1.54) is 29.1 Å². The summed E-state index contributed by atoms with van der Waals surface area (Å²) >= 11 is 0. The molecule has 0 spiro atoms. The van der Waals surface area contributed by atoms with Crippen LogP contribution in [-0.4, -0.2) is 44.9 Å². The highest BCUT2D eigenvalue weighted by Gasteiger charge is 2.33. The van der Waals surface area contributed by atoms with E-state index in [-0.39, 0.29) is 25.0 Å². The third-order valence-electron chi connectivity index (χ3n) is 6.24. The molecule has 0 aromatic heterocycles. The average Bonchev–Trinajstić information content (AvgIpc) is 2.83. The van der Waals surface area contributed by atoms with Crippen molar-refractivity contribution in [3.05, 3.63) is 59.2 Å². The van der Waals surface area contributed by atoms with Crippen LogP contribution in [-0.2, 0) is 32.4 Å². The highest BCUT2D eigenvalue weighted by molar-refractivity contribution is 7.89. The first-order valence-corrected chi connectivity index (χ1v) is 12.3. The van der Waals surface area contributed by atoms with Gasteiger partial charge in [0.2, 0.25) is 10.0 Å². The Hall–Kier alpha value is -2.71. The fraction of sp³-hybridized carbons (Fsp3) is 0.417. The third-order valence-corrected chi connectivity index (χ3v) is 8.13. The molecule has 0 saturated carbocycles. The molecule has 0 amide bonds. The average molecular weight is 458 g/mol. The van der Waals surface area contributed by atoms with E-state index in [9.17, 15) is 18.0 Å². The molecular weight excluding hydrogens is 430 g/mol. The van der Waals surface area contributed by atoms with Crippen LogP contribution in [0.3, 0.4) is 0 Å². The Balaban J connectivity index is 1.36. The number of nitrogens with zero attached hydrogens (tertiary/aromatic N) is 1. The molecule has 0 bridgehead atoms. The second kappa shape index (κ2) is 9.42. The number of ether oxygens (including phenoxy) is 2. The van der Waals surface area contributed by atoms with E-state index in [0.717, 1.165) is 31.2 Å². The largest absolute Gasteiger partial charge is 0.465 e. The maximum Gasteiger partial charge on any atom is 0.337 e. The number of piperidine rings is 1. The van der Waals surface area contributed by atoms with Gasteiger partial charge in [0, 0.05) is 13.1 Å². The van der Waals surface area contributed by atoms with Crippen LogP contribution in [0.25, 0.3) is 0 Å². The number of methoxy groups -OCH3 is 1. The summed E-state index contributed by atoms with van der Waals surface area (Å²) in [5.74, 6) is -0.880. The van der Waals surface area contributed by atoms with Crippen LogP contribution in [0, 0.1) is 5.92 Å². The van der Waals surface area contributed by atoms with Crippen molar-refractivity contribution in [2.45, 2.75) is 43.4 Å².